The van der Waals surface area contributed by atoms with Crippen LogP contribution in [-0.2, 0) is 21.2 Å². The first-order valence-electron chi connectivity index (χ1n) is 8.92. The maximum absolute atomic E-state index is 13.9. The van der Waals surface area contributed by atoms with Crippen molar-refractivity contribution in [1.29, 1.82) is 0 Å². The number of halogens is 2. The summed E-state index contributed by atoms with van der Waals surface area (Å²) in [4.78, 5) is 14.6. The summed E-state index contributed by atoms with van der Waals surface area (Å²) in [6.07, 6.45) is -0.631. The first-order valence-corrected chi connectivity index (χ1v) is 11.1. The molecule has 150 valence electrons. The standard InChI is InChI=1S/C20H21ClFNO4S/c1-14(27-19-9-5-4-8-18(19)22)20(24)23(16-10-11-28(25,26)13-16)12-15-6-2-3-7-17(15)21/h2-9,14,16H,10-13H2,1H3/t14-,16-/m1/s1. The van der Waals surface area contributed by atoms with Crippen molar-refractivity contribution in [2.45, 2.75) is 32.0 Å². The molecule has 0 aliphatic carbocycles. The van der Waals surface area contributed by atoms with E-state index < -0.39 is 33.7 Å². The van der Waals surface area contributed by atoms with E-state index in [9.17, 15) is 17.6 Å². The van der Waals surface area contributed by atoms with E-state index in [0.717, 1.165) is 0 Å². The maximum Gasteiger partial charge on any atom is 0.263 e. The van der Waals surface area contributed by atoms with E-state index in [2.05, 4.69) is 0 Å². The van der Waals surface area contributed by atoms with Crippen LogP contribution >= 0.6 is 11.6 Å². The molecule has 1 fully saturated rings. The fourth-order valence-electron chi connectivity index (χ4n) is 3.23. The minimum atomic E-state index is -3.20. The number of hydrogen-bond donors (Lipinski definition) is 0. The summed E-state index contributed by atoms with van der Waals surface area (Å²) in [5.41, 5.74) is 0.708. The molecule has 1 saturated heterocycles. The largest absolute Gasteiger partial charge is 0.478 e. The Bertz CT molecular complexity index is 966. The first kappa shape index (κ1) is 20.6. The highest BCUT2D eigenvalue weighted by Crippen LogP contribution is 2.25. The Morgan fingerprint density at radius 2 is 1.93 bits per heavy atom. The van der Waals surface area contributed by atoms with E-state index in [1.165, 1.54) is 30.0 Å². The molecule has 0 radical (unpaired) electrons. The highest BCUT2D eigenvalue weighted by atomic mass is 35.5. The van der Waals surface area contributed by atoms with Crippen molar-refractivity contribution in [3.8, 4) is 5.75 Å². The molecule has 28 heavy (non-hydrogen) atoms. The summed E-state index contributed by atoms with van der Waals surface area (Å²) in [6, 6.07) is 12.4. The number of carbonyl (C=O) groups excluding carboxylic acids is 1. The van der Waals surface area contributed by atoms with Crippen molar-refractivity contribution >= 4 is 27.3 Å². The van der Waals surface area contributed by atoms with Crippen LogP contribution in [0, 0.1) is 5.82 Å². The normalized spacial score (nSPS) is 19.2. The van der Waals surface area contributed by atoms with Gasteiger partial charge in [0.15, 0.2) is 27.5 Å². The van der Waals surface area contributed by atoms with Gasteiger partial charge in [0.1, 0.15) is 0 Å². The van der Waals surface area contributed by atoms with Gasteiger partial charge < -0.3 is 9.64 Å². The molecular weight excluding hydrogens is 405 g/mol. The number of carbonyl (C=O) groups is 1. The lowest BCUT2D eigenvalue weighted by Gasteiger charge is -2.31. The Hall–Kier alpha value is -2.12. The van der Waals surface area contributed by atoms with Crippen molar-refractivity contribution in [3.05, 3.63) is 64.9 Å². The van der Waals surface area contributed by atoms with Crippen LogP contribution in [0.2, 0.25) is 5.02 Å². The van der Waals surface area contributed by atoms with Crippen molar-refractivity contribution in [2.75, 3.05) is 11.5 Å². The molecule has 8 heteroatoms. The third kappa shape index (κ3) is 4.83. The molecule has 3 rings (SSSR count). The van der Waals surface area contributed by atoms with E-state index in [-0.39, 0.29) is 23.8 Å². The second kappa shape index (κ2) is 8.49. The molecule has 1 heterocycles. The van der Waals surface area contributed by atoms with Gasteiger partial charge in [-0.1, -0.05) is 41.9 Å². The second-order valence-corrected chi connectivity index (χ2v) is 9.44. The highest BCUT2D eigenvalue weighted by molar-refractivity contribution is 7.91. The summed E-state index contributed by atoms with van der Waals surface area (Å²) in [7, 11) is -3.20. The predicted molar refractivity (Wildman–Crippen MR) is 106 cm³/mol. The fraction of sp³-hybridized carbons (Fsp3) is 0.350. The van der Waals surface area contributed by atoms with Gasteiger partial charge in [0.2, 0.25) is 0 Å². The van der Waals surface area contributed by atoms with Crippen LogP contribution in [0.15, 0.2) is 48.5 Å². The Morgan fingerprint density at radius 3 is 2.57 bits per heavy atom. The molecule has 5 nitrogen and oxygen atoms in total. The zero-order valence-corrected chi connectivity index (χ0v) is 16.9. The van der Waals surface area contributed by atoms with E-state index in [1.54, 1.807) is 30.3 Å². The third-order valence-electron chi connectivity index (χ3n) is 4.72. The summed E-state index contributed by atoms with van der Waals surface area (Å²) >= 11 is 6.23. The number of hydrogen-bond acceptors (Lipinski definition) is 4. The number of para-hydroxylation sites is 1. The lowest BCUT2D eigenvalue weighted by molar-refractivity contribution is -0.140. The smallest absolute Gasteiger partial charge is 0.263 e. The number of ether oxygens (including phenoxy) is 1. The predicted octanol–water partition coefficient (Wildman–Crippen LogP) is 3.46. The van der Waals surface area contributed by atoms with Gasteiger partial charge in [0.05, 0.1) is 11.5 Å². The van der Waals surface area contributed by atoms with E-state index >= 15 is 0 Å². The summed E-state index contributed by atoms with van der Waals surface area (Å²) in [5, 5.41) is 0.490. The van der Waals surface area contributed by atoms with Gasteiger partial charge in [-0.3, -0.25) is 4.79 Å². The van der Waals surface area contributed by atoms with Crippen molar-refractivity contribution in [2.24, 2.45) is 0 Å². The molecule has 0 spiro atoms. The number of rotatable bonds is 6. The number of sulfone groups is 1. The zero-order chi connectivity index (χ0) is 20.3. The lowest BCUT2D eigenvalue weighted by Crippen LogP contribution is -2.46. The van der Waals surface area contributed by atoms with Gasteiger partial charge in [-0.05, 0) is 37.1 Å². The Morgan fingerprint density at radius 1 is 1.25 bits per heavy atom. The topological polar surface area (TPSA) is 63.7 Å². The van der Waals surface area contributed by atoms with Crippen LogP contribution in [0.5, 0.6) is 5.75 Å². The van der Waals surface area contributed by atoms with E-state index in [0.29, 0.717) is 17.0 Å². The van der Waals surface area contributed by atoms with Gasteiger partial charge in [-0.15, -0.1) is 0 Å². The minimum absolute atomic E-state index is 0.0277. The fourth-order valence-corrected chi connectivity index (χ4v) is 5.16. The van der Waals surface area contributed by atoms with Gasteiger partial charge in [0, 0.05) is 17.6 Å². The van der Waals surface area contributed by atoms with Crippen LogP contribution in [0.25, 0.3) is 0 Å². The lowest BCUT2D eigenvalue weighted by atomic mass is 10.1. The summed E-state index contributed by atoms with van der Waals surface area (Å²) in [6.45, 7) is 1.68. The van der Waals surface area contributed by atoms with Crippen molar-refractivity contribution in [3.63, 3.8) is 0 Å². The molecule has 0 unspecified atom stereocenters. The molecule has 0 bridgehead atoms. The maximum atomic E-state index is 13.9. The molecule has 1 amide bonds. The minimum Gasteiger partial charge on any atom is -0.478 e. The monoisotopic (exact) mass is 425 g/mol. The second-order valence-electron chi connectivity index (χ2n) is 6.80. The molecule has 2 aromatic rings. The molecular formula is C20H21ClFNO4S. The number of amides is 1. The SMILES string of the molecule is C[C@@H](Oc1ccccc1F)C(=O)N(Cc1ccccc1Cl)[C@@H]1CCS(=O)(=O)C1. The Kier molecular flexibility index (Phi) is 6.25. The summed E-state index contributed by atoms with van der Waals surface area (Å²) < 4.78 is 43.3. The Labute approximate surface area is 169 Å². The van der Waals surface area contributed by atoms with Gasteiger partial charge in [0.25, 0.3) is 5.91 Å². The average Bonchev–Trinajstić information content (AvgIpc) is 3.02. The van der Waals surface area contributed by atoms with Crippen molar-refractivity contribution in [1.82, 2.24) is 4.90 Å². The van der Waals surface area contributed by atoms with Gasteiger partial charge in [-0.2, -0.15) is 0 Å². The quantitative estimate of drug-likeness (QED) is 0.711. The molecule has 2 atom stereocenters. The molecule has 0 saturated carbocycles. The van der Waals surface area contributed by atoms with Crippen LogP contribution in [0.4, 0.5) is 4.39 Å². The van der Waals surface area contributed by atoms with Crippen LogP contribution in [0.3, 0.4) is 0 Å². The highest BCUT2D eigenvalue weighted by Gasteiger charge is 2.37. The average molecular weight is 426 g/mol. The molecule has 0 N–H and O–H groups in total. The molecule has 1 aliphatic rings. The Balaban J connectivity index is 1.84. The van der Waals surface area contributed by atoms with Crippen LogP contribution in [-0.4, -0.2) is 42.9 Å². The molecule has 1 aliphatic heterocycles. The van der Waals surface area contributed by atoms with Crippen LogP contribution in [0.1, 0.15) is 18.9 Å². The summed E-state index contributed by atoms with van der Waals surface area (Å²) in [5.74, 6) is -1.07. The molecule has 0 aromatic heterocycles. The number of nitrogens with zero attached hydrogens (tertiary/aromatic N) is 1. The van der Waals surface area contributed by atoms with E-state index in [4.69, 9.17) is 16.3 Å². The molecule has 2 aromatic carbocycles. The van der Waals surface area contributed by atoms with E-state index in [1.807, 2.05) is 0 Å². The van der Waals surface area contributed by atoms with Gasteiger partial charge in [-0.25, -0.2) is 12.8 Å². The zero-order valence-electron chi connectivity index (χ0n) is 15.3. The van der Waals surface area contributed by atoms with Crippen molar-refractivity contribution < 1.29 is 22.3 Å². The van der Waals surface area contributed by atoms with Crippen LogP contribution < -0.4 is 4.74 Å². The first-order chi connectivity index (χ1) is 13.3. The number of benzene rings is 2. The van der Waals surface area contributed by atoms with Gasteiger partial charge >= 0.3 is 0 Å². The third-order valence-corrected chi connectivity index (χ3v) is 6.84.